The van der Waals surface area contributed by atoms with Gasteiger partial charge in [-0.25, -0.2) is 0 Å². The zero-order valence-corrected chi connectivity index (χ0v) is 19.3. The summed E-state index contributed by atoms with van der Waals surface area (Å²) in [6, 6.07) is 0. The summed E-state index contributed by atoms with van der Waals surface area (Å²) < 4.78 is 10.8. The van der Waals surface area contributed by atoms with Gasteiger partial charge in [-0.1, -0.05) is 34.1 Å². The molecule has 0 aromatic carbocycles. The Morgan fingerprint density at radius 1 is 1.29 bits per heavy atom. The van der Waals surface area contributed by atoms with E-state index < -0.39 is 23.7 Å². The van der Waals surface area contributed by atoms with Crippen LogP contribution in [0.5, 0.6) is 0 Å². The molecule has 7 nitrogen and oxygen atoms in total. The topological polar surface area (TPSA) is 108 Å². The van der Waals surface area contributed by atoms with Crippen molar-refractivity contribution in [3.05, 3.63) is 0 Å². The first-order valence-corrected chi connectivity index (χ1v) is 11.3. The number of carbonyl (C=O) groups excluding carboxylic acids is 1. The predicted octanol–water partition coefficient (Wildman–Crippen LogP) is 1.64. The number of ether oxygens (including phenoxy) is 2. The summed E-state index contributed by atoms with van der Waals surface area (Å²) in [5.74, 6) is -0.456. The summed E-state index contributed by atoms with van der Waals surface area (Å²) in [4.78, 5) is 12.4. The van der Waals surface area contributed by atoms with Crippen LogP contribution in [0, 0.1) is 17.8 Å². The Bertz CT molecular complexity index is 433. The van der Waals surface area contributed by atoms with Crippen LogP contribution in [0.3, 0.4) is 0 Å². The van der Waals surface area contributed by atoms with Crippen LogP contribution in [0.15, 0.2) is 0 Å². The summed E-state index contributed by atoms with van der Waals surface area (Å²) >= 11 is 1.57. The van der Waals surface area contributed by atoms with E-state index >= 15 is 0 Å². The van der Waals surface area contributed by atoms with Gasteiger partial charge in [-0.05, 0) is 31.4 Å². The molecule has 0 aromatic rings. The monoisotopic (exact) mass is 423 g/mol. The minimum Gasteiger partial charge on any atom is -0.462 e. The van der Waals surface area contributed by atoms with E-state index in [0.717, 1.165) is 6.42 Å². The van der Waals surface area contributed by atoms with Gasteiger partial charge in [-0.15, -0.1) is 0 Å². The summed E-state index contributed by atoms with van der Waals surface area (Å²) in [7, 11) is 1.60. The minimum atomic E-state index is -1.59. The molecule has 0 heterocycles. The third-order valence-electron chi connectivity index (χ3n) is 5.40. The highest BCUT2D eigenvalue weighted by Gasteiger charge is 2.34. The molecule has 8 heteroatoms. The van der Waals surface area contributed by atoms with Crippen LogP contribution in [0.25, 0.3) is 0 Å². The second kappa shape index (κ2) is 13.8. The molecule has 2 unspecified atom stereocenters. The number of hydrogen-bond acceptors (Lipinski definition) is 8. The highest BCUT2D eigenvalue weighted by molar-refractivity contribution is 7.99. The van der Waals surface area contributed by atoms with Gasteiger partial charge in [-0.3, -0.25) is 10.1 Å². The van der Waals surface area contributed by atoms with Gasteiger partial charge >= 0.3 is 5.97 Å². The SMILES string of the molecule is CC[C@@H](C)CNC(O)[C@](C)(O)COC(=O)C(C)C[C@@H](OC)[C@H](C)[C@H](CO)SC. The molecule has 0 spiro atoms. The number of thioether (sulfide) groups is 1. The van der Waals surface area contributed by atoms with Gasteiger partial charge in [0.2, 0.25) is 0 Å². The number of aliphatic hydroxyl groups excluding tert-OH is 2. The molecule has 0 bridgehead atoms. The van der Waals surface area contributed by atoms with Crippen molar-refractivity contribution in [3.8, 4) is 0 Å². The molecule has 7 atom stereocenters. The normalized spacial score (nSPS) is 20.5. The molecular formula is C20H41NO6S. The first-order valence-electron chi connectivity index (χ1n) is 10.0. The van der Waals surface area contributed by atoms with Crippen LogP contribution in [-0.4, -0.2) is 77.6 Å². The van der Waals surface area contributed by atoms with Crippen LogP contribution in [0.2, 0.25) is 0 Å². The number of methoxy groups -OCH3 is 1. The first kappa shape index (κ1) is 27.6. The summed E-state index contributed by atoms with van der Waals surface area (Å²) in [6.07, 6.45) is 1.95. The molecule has 0 radical (unpaired) electrons. The zero-order valence-electron chi connectivity index (χ0n) is 18.5. The number of nitrogens with one attached hydrogen (secondary N) is 1. The average Bonchev–Trinajstić information content (AvgIpc) is 2.68. The van der Waals surface area contributed by atoms with Crippen LogP contribution in [0.4, 0.5) is 0 Å². The van der Waals surface area contributed by atoms with Crippen molar-refractivity contribution >= 4 is 17.7 Å². The number of rotatable bonds is 15. The lowest BCUT2D eigenvalue weighted by molar-refractivity contribution is -0.165. The fraction of sp³-hybridized carbons (Fsp3) is 0.950. The van der Waals surface area contributed by atoms with E-state index in [1.165, 1.54) is 6.92 Å². The Balaban J connectivity index is 4.63. The molecule has 4 N–H and O–H groups in total. The molecule has 0 saturated heterocycles. The van der Waals surface area contributed by atoms with Crippen LogP contribution < -0.4 is 5.32 Å². The number of carbonyl (C=O) groups is 1. The minimum absolute atomic E-state index is 0.0284. The molecule has 0 aliphatic heterocycles. The highest BCUT2D eigenvalue weighted by Crippen LogP contribution is 2.26. The molecule has 28 heavy (non-hydrogen) atoms. The maximum absolute atomic E-state index is 12.4. The summed E-state index contributed by atoms with van der Waals surface area (Å²) in [5, 5.41) is 32.9. The molecule has 0 fully saturated rings. The van der Waals surface area contributed by atoms with Crippen LogP contribution in [-0.2, 0) is 14.3 Å². The molecular weight excluding hydrogens is 382 g/mol. The van der Waals surface area contributed by atoms with Crippen LogP contribution in [0.1, 0.15) is 47.5 Å². The van der Waals surface area contributed by atoms with Gasteiger partial charge in [0.25, 0.3) is 0 Å². The quantitative estimate of drug-likeness (QED) is 0.233. The molecule has 0 aliphatic rings. The van der Waals surface area contributed by atoms with E-state index in [-0.39, 0.29) is 30.5 Å². The van der Waals surface area contributed by atoms with Crippen molar-refractivity contribution in [1.82, 2.24) is 5.32 Å². The lowest BCUT2D eigenvalue weighted by atomic mass is 9.92. The summed E-state index contributed by atoms with van der Waals surface area (Å²) in [6.45, 7) is 9.58. The molecule has 0 rings (SSSR count). The Morgan fingerprint density at radius 3 is 2.36 bits per heavy atom. The van der Waals surface area contributed by atoms with E-state index in [4.69, 9.17) is 9.47 Å². The number of aliphatic hydroxyl groups is 3. The molecule has 0 saturated carbocycles. The smallest absolute Gasteiger partial charge is 0.308 e. The average molecular weight is 424 g/mol. The van der Waals surface area contributed by atoms with Crippen molar-refractivity contribution < 1.29 is 29.6 Å². The number of esters is 1. The van der Waals surface area contributed by atoms with Gasteiger partial charge in [0.15, 0.2) is 0 Å². The Morgan fingerprint density at radius 2 is 1.89 bits per heavy atom. The van der Waals surface area contributed by atoms with E-state index in [2.05, 4.69) is 12.2 Å². The predicted molar refractivity (Wildman–Crippen MR) is 113 cm³/mol. The zero-order chi connectivity index (χ0) is 21.9. The van der Waals surface area contributed by atoms with E-state index in [0.29, 0.717) is 18.9 Å². The van der Waals surface area contributed by atoms with Gasteiger partial charge in [0, 0.05) is 18.9 Å². The first-order chi connectivity index (χ1) is 13.0. The van der Waals surface area contributed by atoms with Crippen molar-refractivity contribution in [3.63, 3.8) is 0 Å². The fourth-order valence-corrected chi connectivity index (χ4v) is 3.53. The van der Waals surface area contributed by atoms with Gasteiger partial charge < -0.3 is 24.8 Å². The van der Waals surface area contributed by atoms with Crippen LogP contribution >= 0.6 is 11.8 Å². The largest absolute Gasteiger partial charge is 0.462 e. The van der Waals surface area contributed by atoms with Gasteiger partial charge in [0.1, 0.15) is 18.4 Å². The van der Waals surface area contributed by atoms with Crippen molar-refractivity contribution in [2.45, 2.75) is 70.6 Å². The third kappa shape index (κ3) is 9.41. The lowest BCUT2D eigenvalue weighted by Crippen LogP contribution is -2.53. The van der Waals surface area contributed by atoms with E-state index in [9.17, 15) is 20.1 Å². The maximum atomic E-state index is 12.4. The highest BCUT2D eigenvalue weighted by atomic mass is 32.2. The van der Waals surface area contributed by atoms with Crippen molar-refractivity contribution in [2.75, 3.05) is 33.1 Å². The van der Waals surface area contributed by atoms with E-state index in [1.807, 2.05) is 20.1 Å². The second-order valence-electron chi connectivity index (χ2n) is 8.02. The van der Waals surface area contributed by atoms with Gasteiger partial charge in [0.05, 0.1) is 18.6 Å². The van der Waals surface area contributed by atoms with E-state index in [1.54, 1.807) is 25.8 Å². The lowest BCUT2D eigenvalue weighted by Gasteiger charge is -2.31. The molecule has 0 aliphatic carbocycles. The Labute approximate surface area is 174 Å². The second-order valence-corrected chi connectivity index (χ2v) is 9.09. The fourth-order valence-electron chi connectivity index (χ4n) is 2.78. The molecule has 168 valence electrons. The Kier molecular flexibility index (Phi) is 13.6. The van der Waals surface area contributed by atoms with Crippen molar-refractivity contribution in [1.29, 1.82) is 0 Å². The summed E-state index contributed by atoms with van der Waals surface area (Å²) in [5.41, 5.74) is -1.59. The Hall–Kier alpha value is -0.380. The standard InChI is InChI=1S/C20H41NO6S/c1-8-13(2)10-21-19(24)20(5,25)12-27-18(23)14(3)9-16(26-6)15(4)17(11-22)28-7/h13-17,19,21-22,24-25H,8-12H2,1-7H3/t13-,14?,15+,16-,17+,19?,20-/m1/s1. The molecule has 0 aromatic heterocycles. The van der Waals surface area contributed by atoms with Gasteiger partial charge in [-0.2, -0.15) is 11.8 Å². The molecule has 0 amide bonds. The maximum Gasteiger partial charge on any atom is 0.308 e. The third-order valence-corrected chi connectivity index (χ3v) is 6.58. The van der Waals surface area contributed by atoms with Crippen molar-refractivity contribution in [2.24, 2.45) is 17.8 Å². The number of hydrogen-bond donors (Lipinski definition) is 4.